The lowest BCUT2D eigenvalue weighted by Gasteiger charge is -2.61. The van der Waals surface area contributed by atoms with Crippen molar-refractivity contribution in [1.29, 1.82) is 0 Å². The number of alkyl halides is 1. The number of ether oxygens (including phenoxy) is 2. The highest BCUT2D eigenvalue weighted by atomic mass is 35.5. The van der Waals surface area contributed by atoms with Gasteiger partial charge in [-0.25, -0.2) is 0 Å². The molecule has 33 heavy (non-hydrogen) atoms. The van der Waals surface area contributed by atoms with E-state index in [2.05, 4.69) is 46.8 Å². The van der Waals surface area contributed by atoms with Gasteiger partial charge in [0, 0.05) is 0 Å². The van der Waals surface area contributed by atoms with Gasteiger partial charge in [0.2, 0.25) is 0 Å². The molecule has 4 fully saturated rings. The van der Waals surface area contributed by atoms with Crippen molar-refractivity contribution in [1.82, 2.24) is 0 Å². The molecule has 0 aromatic carbocycles. The van der Waals surface area contributed by atoms with Crippen molar-refractivity contribution in [2.24, 2.45) is 52.3 Å². The van der Waals surface area contributed by atoms with E-state index in [9.17, 15) is 0 Å². The van der Waals surface area contributed by atoms with E-state index in [-0.39, 0.29) is 12.4 Å². The summed E-state index contributed by atoms with van der Waals surface area (Å²) in [6, 6.07) is 0. The van der Waals surface area contributed by atoms with Crippen molar-refractivity contribution < 1.29 is 9.47 Å². The van der Waals surface area contributed by atoms with Crippen molar-refractivity contribution in [2.75, 3.05) is 5.88 Å². The quantitative estimate of drug-likeness (QED) is 0.200. The van der Waals surface area contributed by atoms with Gasteiger partial charge < -0.3 is 9.47 Å². The average Bonchev–Trinajstić information content (AvgIpc) is 3.43. The van der Waals surface area contributed by atoms with Gasteiger partial charge in [-0.2, -0.15) is 0 Å². The normalized spacial score (nSPS) is 49.4. The smallest absolute Gasteiger partial charge is 0.185 e. The van der Waals surface area contributed by atoms with Gasteiger partial charge in [0.1, 0.15) is 6.10 Å². The van der Waals surface area contributed by atoms with Gasteiger partial charge in [-0.05, 0) is 97.2 Å². The molecule has 188 valence electrons. The predicted octanol–water partition coefficient (Wildman–Crippen LogP) is 8.23. The number of halogens is 1. The molecule has 0 aromatic rings. The lowest BCUT2D eigenvalue weighted by molar-refractivity contribution is -0.140. The molecular weight excluding hydrogens is 428 g/mol. The molecule has 3 saturated carbocycles. The van der Waals surface area contributed by atoms with Gasteiger partial charge >= 0.3 is 0 Å². The first-order chi connectivity index (χ1) is 15.8. The van der Waals surface area contributed by atoms with Gasteiger partial charge in [0.15, 0.2) is 6.29 Å². The molecule has 0 amide bonds. The summed E-state index contributed by atoms with van der Waals surface area (Å²) in [6.07, 6.45) is 19.6. The monoisotopic (exact) mass is 476 g/mol. The number of hydrogen-bond donors (Lipinski definition) is 0. The third kappa shape index (κ3) is 4.48. The Morgan fingerprint density at radius 1 is 1.00 bits per heavy atom. The Morgan fingerprint density at radius 2 is 1.79 bits per heavy atom. The Labute approximate surface area is 208 Å². The van der Waals surface area contributed by atoms with E-state index in [0.717, 1.165) is 41.4 Å². The number of fused-ring (bicyclic) bond motifs is 5. The predicted molar refractivity (Wildman–Crippen MR) is 137 cm³/mol. The molecule has 11 atom stereocenters. The van der Waals surface area contributed by atoms with Crippen molar-refractivity contribution in [2.45, 2.75) is 117 Å². The van der Waals surface area contributed by atoms with Crippen LogP contribution in [0.2, 0.25) is 0 Å². The Bertz CT molecular complexity index is 720. The molecule has 1 saturated heterocycles. The highest BCUT2D eigenvalue weighted by molar-refractivity contribution is 6.18. The van der Waals surface area contributed by atoms with Crippen LogP contribution in [-0.4, -0.2) is 24.4 Å². The summed E-state index contributed by atoms with van der Waals surface area (Å²) in [7, 11) is 0. The second-order valence-electron chi connectivity index (χ2n) is 13.6. The molecule has 5 rings (SSSR count). The lowest BCUT2D eigenvalue weighted by atomic mass is 9.44. The second-order valence-corrected chi connectivity index (χ2v) is 13.9. The van der Waals surface area contributed by atoms with Crippen molar-refractivity contribution in [3.8, 4) is 0 Å². The largest absolute Gasteiger partial charge is 0.347 e. The summed E-state index contributed by atoms with van der Waals surface area (Å²) >= 11 is 5.93. The zero-order valence-corrected chi connectivity index (χ0v) is 22.7. The van der Waals surface area contributed by atoms with Crippen LogP contribution < -0.4 is 0 Å². The topological polar surface area (TPSA) is 21.8 Å². The van der Waals surface area contributed by atoms with Crippen LogP contribution in [0, 0.1) is 52.3 Å². The molecule has 0 bridgehead atoms. The molecule has 1 heterocycles. The van der Waals surface area contributed by atoms with Gasteiger partial charge in [-0.15, -0.1) is 11.6 Å². The summed E-state index contributed by atoms with van der Waals surface area (Å²) in [6.45, 7) is 12.6. The standard InChI is InChI=1S/C30H49ClO2/c1-19(2)7-6-8-20(3)24-11-12-25-23-10-9-21-17-22(32-28-27(18-31)33-28)13-15-29(21,4)26(23)14-16-30(24,25)5/h11-12,19-28H,6-10,13-18H2,1-5H3/t20-,21?,22?,23?,24-,25?,26?,27?,28?,29+,30-/m1/s1. The molecule has 3 heteroatoms. The third-order valence-electron chi connectivity index (χ3n) is 11.3. The zero-order chi connectivity index (χ0) is 23.4. The maximum absolute atomic E-state index is 6.29. The number of epoxide rings is 1. The molecule has 7 unspecified atom stereocenters. The molecule has 1 aliphatic heterocycles. The fourth-order valence-electron chi connectivity index (χ4n) is 9.24. The maximum atomic E-state index is 6.29. The summed E-state index contributed by atoms with van der Waals surface area (Å²) in [5, 5.41) is 0. The first-order valence-corrected chi connectivity index (χ1v) is 14.8. The number of rotatable bonds is 8. The van der Waals surface area contributed by atoms with Crippen LogP contribution in [0.3, 0.4) is 0 Å². The van der Waals surface area contributed by atoms with Crippen LogP contribution in [0.4, 0.5) is 0 Å². The van der Waals surface area contributed by atoms with Gasteiger partial charge in [-0.1, -0.05) is 66.0 Å². The van der Waals surface area contributed by atoms with Gasteiger partial charge in [0.05, 0.1) is 12.0 Å². The Balaban J connectivity index is 1.22. The Hall–Kier alpha value is -0.0500. The van der Waals surface area contributed by atoms with E-state index in [1.165, 1.54) is 64.2 Å². The summed E-state index contributed by atoms with van der Waals surface area (Å²) in [5.41, 5.74) is 1.01. The van der Waals surface area contributed by atoms with E-state index >= 15 is 0 Å². The van der Waals surface area contributed by atoms with E-state index in [0.29, 0.717) is 22.8 Å². The van der Waals surface area contributed by atoms with Crippen molar-refractivity contribution >= 4 is 11.6 Å². The lowest BCUT2D eigenvalue weighted by Crippen LogP contribution is -2.54. The van der Waals surface area contributed by atoms with Crippen molar-refractivity contribution in [3.63, 3.8) is 0 Å². The highest BCUT2D eigenvalue weighted by Gasteiger charge is 2.59. The molecule has 4 aliphatic carbocycles. The number of allylic oxidation sites excluding steroid dienone is 2. The fourth-order valence-corrected chi connectivity index (χ4v) is 9.46. The van der Waals surface area contributed by atoms with E-state index in [1.54, 1.807) is 0 Å². The van der Waals surface area contributed by atoms with Crippen LogP contribution in [-0.2, 0) is 9.47 Å². The average molecular weight is 477 g/mol. The first kappa shape index (κ1) is 24.6. The van der Waals surface area contributed by atoms with Gasteiger partial charge in [0.25, 0.3) is 0 Å². The van der Waals surface area contributed by atoms with E-state index in [4.69, 9.17) is 21.1 Å². The molecule has 0 radical (unpaired) electrons. The van der Waals surface area contributed by atoms with Crippen LogP contribution >= 0.6 is 11.6 Å². The van der Waals surface area contributed by atoms with E-state index < -0.39 is 0 Å². The fraction of sp³-hybridized carbons (Fsp3) is 0.933. The van der Waals surface area contributed by atoms with Crippen LogP contribution in [0.5, 0.6) is 0 Å². The molecule has 0 spiro atoms. The summed E-state index contributed by atoms with van der Waals surface area (Å²) in [4.78, 5) is 0. The maximum Gasteiger partial charge on any atom is 0.185 e. The van der Waals surface area contributed by atoms with Crippen molar-refractivity contribution in [3.05, 3.63) is 12.2 Å². The minimum Gasteiger partial charge on any atom is -0.347 e. The summed E-state index contributed by atoms with van der Waals surface area (Å²) in [5.74, 6) is 6.46. The molecule has 5 aliphatic rings. The van der Waals surface area contributed by atoms with Crippen LogP contribution in [0.15, 0.2) is 12.2 Å². The highest BCUT2D eigenvalue weighted by Crippen LogP contribution is 2.67. The molecule has 0 N–H and O–H groups in total. The minimum atomic E-state index is -0.0216. The van der Waals surface area contributed by atoms with Crippen LogP contribution in [0.1, 0.15) is 98.8 Å². The SMILES string of the molecule is CC(C)CCC[C@@H](C)[C@H]1C=CC2C3CCC4CC(OC5OC5CCl)CC[C@]4(C)C3CC[C@@]21C. The Kier molecular flexibility index (Phi) is 7.04. The first-order valence-electron chi connectivity index (χ1n) is 14.3. The third-order valence-corrected chi connectivity index (χ3v) is 11.6. The van der Waals surface area contributed by atoms with Crippen LogP contribution in [0.25, 0.3) is 0 Å². The summed E-state index contributed by atoms with van der Waals surface area (Å²) < 4.78 is 11.9. The minimum absolute atomic E-state index is 0.0216. The second kappa shape index (κ2) is 9.44. The Morgan fingerprint density at radius 3 is 2.52 bits per heavy atom. The molecular formula is C30H49ClO2. The molecule has 0 aromatic heterocycles. The van der Waals surface area contributed by atoms with E-state index in [1.807, 2.05) is 0 Å². The zero-order valence-electron chi connectivity index (χ0n) is 21.9. The number of hydrogen-bond acceptors (Lipinski definition) is 2. The van der Waals surface area contributed by atoms with Gasteiger partial charge in [-0.3, -0.25) is 0 Å². The molecule has 2 nitrogen and oxygen atoms in total.